The fourth-order valence-corrected chi connectivity index (χ4v) is 3.34. The van der Waals surface area contributed by atoms with E-state index in [1.165, 1.54) is 5.56 Å². The highest BCUT2D eigenvalue weighted by molar-refractivity contribution is 5.94. The van der Waals surface area contributed by atoms with Gasteiger partial charge in [0, 0.05) is 31.7 Å². The van der Waals surface area contributed by atoms with E-state index in [4.69, 9.17) is 4.74 Å². The number of amides is 2. The van der Waals surface area contributed by atoms with Crippen LogP contribution in [0.25, 0.3) is 0 Å². The second-order valence-corrected chi connectivity index (χ2v) is 7.84. The smallest absolute Gasteiger partial charge is 0.410 e. The Labute approximate surface area is 157 Å². The van der Waals surface area contributed by atoms with Gasteiger partial charge in [0.05, 0.1) is 0 Å². The first kappa shape index (κ1) is 20.3. The molecule has 1 heterocycles. The molecule has 1 fully saturated rings. The van der Waals surface area contributed by atoms with E-state index in [1.54, 1.807) is 4.90 Å². The molecule has 5 heteroatoms. The van der Waals surface area contributed by atoms with Gasteiger partial charge in [-0.1, -0.05) is 12.1 Å². The number of carbonyl (C=O) groups excluding carboxylic acids is 2. The maximum Gasteiger partial charge on any atom is 0.410 e. The van der Waals surface area contributed by atoms with Crippen LogP contribution < -0.4 is 0 Å². The van der Waals surface area contributed by atoms with Crippen LogP contribution in [0, 0.1) is 0 Å². The number of hydrogen-bond donors (Lipinski definition) is 0. The van der Waals surface area contributed by atoms with Crippen molar-refractivity contribution < 1.29 is 14.3 Å². The highest BCUT2D eigenvalue weighted by Crippen LogP contribution is 2.29. The van der Waals surface area contributed by atoms with Crippen molar-refractivity contribution in [3.63, 3.8) is 0 Å². The van der Waals surface area contributed by atoms with E-state index < -0.39 is 5.60 Å². The van der Waals surface area contributed by atoms with E-state index in [2.05, 4.69) is 6.07 Å². The maximum atomic E-state index is 12.6. The van der Waals surface area contributed by atoms with Gasteiger partial charge < -0.3 is 14.5 Å². The summed E-state index contributed by atoms with van der Waals surface area (Å²) in [4.78, 5) is 28.4. The fourth-order valence-electron chi connectivity index (χ4n) is 3.34. The number of hydrogen-bond acceptors (Lipinski definition) is 3. The van der Waals surface area contributed by atoms with E-state index in [1.807, 2.05) is 57.7 Å². The third kappa shape index (κ3) is 5.23. The SMILES string of the molecule is CCN(CC)C(=O)c1cccc(C2CCN(C(=O)OC(C)(C)C)CC2)c1. The summed E-state index contributed by atoms with van der Waals surface area (Å²) in [6.07, 6.45) is 1.55. The highest BCUT2D eigenvalue weighted by atomic mass is 16.6. The van der Waals surface area contributed by atoms with Crippen LogP contribution in [0.2, 0.25) is 0 Å². The van der Waals surface area contributed by atoms with Crippen molar-refractivity contribution in [2.75, 3.05) is 26.2 Å². The first-order chi connectivity index (χ1) is 12.2. The number of benzene rings is 1. The summed E-state index contributed by atoms with van der Waals surface area (Å²) in [5.41, 5.74) is 1.47. The van der Waals surface area contributed by atoms with Gasteiger partial charge in [-0.3, -0.25) is 4.79 Å². The highest BCUT2D eigenvalue weighted by Gasteiger charge is 2.27. The average molecular weight is 360 g/mol. The van der Waals surface area contributed by atoms with Gasteiger partial charge in [0.1, 0.15) is 5.60 Å². The molecule has 1 aliphatic heterocycles. The first-order valence-corrected chi connectivity index (χ1v) is 9.62. The van der Waals surface area contributed by atoms with Crippen LogP contribution in [0.4, 0.5) is 4.79 Å². The lowest BCUT2D eigenvalue weighted by molar-refractivity contribution is 0.0205. The topological polar surface area (TPSA) is 49.9 Å². The Balaban J connectivity index is 2.00. The largest absolute Gasteiger partial charge is 0.444 e. The maximum absolute atomic E-state index is 12.6. The van der Waals surface area contributed by atoms with E-state index in [9.17, 15) is 9.59 Å². The van der Waals surface area contributed by atoms with Crippen molar-refractivity contribution in [3.05, 3.63) is 35.4 Å². The molecule has 26 heavy (non-hydrogen) atoms. The molecule has 0 unspecified atom stereocenters. The summed E-state index contributed by atoms with van der Waals surface area (Å²) in [6.45, 7) is 12.5. The monoisotopic (exact) mass is 360 g/mol. The minimum absolute atomic E-state index is 0.0861. The fraction of sp³-hybridized carbons (Fsp3) is 0.619. The first-order valence-electron chi connectivity index (χ1n) is 9.62. The molecule has 0 N–H and O–H groups in total. The van der Waals surface area contributed by atoms with Gasteiger partial charge in [-0.15, -0.1) is 0 Å². The summed E-state index contributed by atoms with van der Waals surface area (Å²) in [5.74, 6) is 0.459. The van der Waals surface area contributed by atoms with Crippen molar-refractivity contribution in [1.82, 2.24) is 9.80 Å². The van der Waals surface area contributed by atoms with E-state index in [0.717, 1.165) is 18.4 Å². The van der Waals surface area contributed by atoms with Gasteiger partial charge in [0.25, 0.3) is 5.91 Å². The quantitative estimate of drug-likeness (QED) is 0.805. The molecule has 1 aromatic carbocycles. The Morgan fingerprint density at radius 1 is 1.15 bits per heavy atom. The molecule has 0 atom stereocenters. The molecular formula is C21H32N2O3. The average Bonchev–Trinajstić information content (AvgIpc) is 2.61. The van der Waals surface area contributed by atoms with Gasteiger partial charge in [-0.05, 0) is 71.1 Å². The number of nitrogens with zero attached hydrogens (tertiary/aromatic N) is 2. The van der Waals surface area contributed by atoms with E-state index >= 15 is 0 Å². The van der Waals surface area contributed by atoms with Gasteiger partial charge in [0.15, 0.2) is 0 Å². The summed E-state index contributed by atoms with van der Waals surface area (Å²) >= 11 is 0. The third-order valence-corrected chi connectivity index (χ3v) is 4.80. The number of rotatable bonds is 4. The van der Waals surface area contributed by atoms with Crippen LogP contribution >= 0.6 is 0 Å². The van der Waals surface area contributed by atoms with Crippen LogP contribution in [0.15, 0.2) is 24.3 Å². The van der Waals surface area contributed by atoms with Crippen molar-refractivity contribution in [2.45, 2.75) is 59.0 Å². The molecule has 0 radical (unpaired) electrons. The molecule has 0 aliphatic carbocycles. The van der Waals surface area contributed by atoms with Gasteiger partial charge >= 0.3 is 6.09 Å². The minimum atomic E-state index is -0.465. The van der Waals surface area contributed by atoms with Crippen molar-refractivity contribution in [1.29, 1.82) is 0 Å². The summed E-state index contributed by atoms with van der Waals surface area (Å²) < 4.78 is 5.46. The second kappa shape index (κ2) is 8.56. The van der Waals surface area contributed by atoms with Crippen molar-refractivity contribution in [3.8, 4) is 0 Å². The summed E-state index contributed by atoms with van der Waals surface area (Å²) in [6, 6.07) is 7.97. The lowest BCUT2D eigenvalue weighted by atomic mass is 9.88. The molecule has 1 aromatic rings. The number of ether oxygens (including phenoxy) is 1. The number of piperidine rings is 1. The molecule has 1 aliphatic rings. The Morgan fingerprint density at radius 3 is 2.31 bits per heavy atom. The minimum Gasteiger partial charge on any atom is -0.444 e. The number of carbonyl (C=O) groups is 2. The molecule has 144 valence electrons. The molecule has 0 spiro atoms. The molecule has 0 aromatic heterocycles. The second-order valence-electron chi connectivity index (χ2n) is 7.84. The Hall–Kier alpha value is -2.04. The zero-order valence-corrected chi connectivity index (χ0v) is 16.7. The van der Waals surface area contributed by atoms with Crippen LogP contribution in [0.3, 0.4) is 0 Å². The van der Waals surface area contributed by atoms with Gasteiger partial charge in [-0.2, -0.15) is 0 Å². The normalized spacial score (nSPS) is 15.7. The van der Waals surface area contributed by atoms with Crippen LogP contribution in [-0.2, 0) is 4.74 Å². The molecule has 5 nitrogen and oxygen atoms in total. The van der Waals surface area contributed by atoms with Crippen LogP contribution in [-0.4, -0.2) is 53.6 Å². The lowest BCUT2D eigenvalue weighted by Gasteiger charge is -2.33. The molecule has 0 saturated carbocycles. The molecule has 2 amide bonds. The summed E-state index contributed by atoms with van der Waals surface area (Å²) in [5, 5.41) is 0. The number of likely N-dealkylation sites (tertiary alicyclic amines) is 1. The zero-order valence-electron chi connectivity index (χ0n) is 16.7. The molecule has 2 rings (SSSR count). The van der Waals surface area contributed by atoms with Crippen molar-refractivity contribution >= 4 is 12.0 Å². The Morgan fingerprint density at radius 2 is 1.77 bits per heavy atom. The third-order valence-electron chi connectivity index (χ3n) is 4.80. The van der Waals surface area contributed by atoms with E-state index in [-0.39, 0.29) is 12.0 Å². The molecular weight excluding hydrogens is 328 g/mol. The predicted molar refractivity (Wildman–Crippen MR) is 103 cm³/mol. The lowest BCUT2D eigenvalue weighted by Crippen LogP contribution is -2.41. The Kier molecular flexibility index (Phi) is 6.68. The zero-order chi connectivity index (χ0) is 19.3. The predicted octanol–water partition coefficient (Wildman–Crippen LogP) is 4.28. The van der Waals surface area contributed by atoms with Crippen LogP contribution in [0.5, 0.6) is 0 Å². The van der Waals surface area contributed by atoms with Gasteiger partial charge in [-0.25, -0.2) is 4.79 Å². The van der Waals surface area contributed by atoms with E-state index in [0.29, 0.717) is 32.1 Å². The van der Waals surface area contributed by atoms with Crippen molar-refractivity contribution in [2.24, 2.45) is 0 Å². The Bertz CT molecular complexity index is 624. The van der Waals surface area contributed by atoms with Gasteiger partial charge in [0.2, 0.25) is 0 Å². The summed E-state index contributed by atoms with van der Waals surface area (Å²) in [7, 11) is 0. The molecule has 0 bridgehead atoms. The molecule has 1 saturated heterocycles. The van der Waals surface area contributed by atoms with Crippen LogP contribution in [0.1, 0.15) is 69.3 Å². The standard InChI is InChI=1S/C21H32N2O3/c1-6-22(7-2)19(24)18-10-8-9-17(15-18)16-11-13-23(14-12-16)20(25)26-21(3,4)5/h8-10,15-16H,6-7,11-14H2,1-5H3.